The first kappa shape index (κ1) is 36.0. The van der Waals surface area contributed by atoms with Crippen LogP contribution >= 0.6 is 0 Å². The largest absolute Gasteiger partial charge is 0.481 e. The molecule has 0 rings (SSSR count). The van der Waals surface area contributed by atoms with Crippen LogP contribution in [0.4, 0.5) is 0 Å². The summed E-state index contributed by atoms with van der Waals surface area (Å²) in [4.78, 5) is 45.9. The van der Waals surface area contributed by atoms with Gasteiger partial charge in [-0.05, 0) is 32.6 Å². The summed E-state index contributed by atoms with van der Waals surface area (Å²) in [6.45, 7) is 3.04. The number of unbranched alkanes of at least 4 members (excludes halogenated alkanes) is 15. The molecule has 1 amide bonds. The van der Waals surface area contributed by atoms with Gasteiger partial charge >= 0.3 is 11.9 Å². The zero-order chi connectivity index (χ0) is 28.3. The predicted octanol–water partition coefficient (Wildman–Crippen LogP) is 6.83. The Labute approximate surface area is 230 Å². The van der Waals surface area contributed by atoms with E-state index in [4.69, 9.17) is 9.84 Å². The number of nitrogens with one attached hydrogen (secondary N) is 1. The van der Waals surface area contributed by atoms with Crippen molar-refractivity contribution >= 4 is 23.6 Å². The molecule has 222 valence electrons. The van der Waals surface area contributed by atoms with E-state index in [9.17, 15) is 24.3 Å². The molecule has 0 saturated carbocycles. The summed E-state index contributed by atoms with van der Waals surface area (Å²) < 4.78 is 5.20. The van der Waals surface area contributed by atoms with Crippen LogP contribution in [0.15, 0.2) is 0 Å². The molecule has 0 spiro atoms. The quantitative estimate of drug-likeness (QED) is 0.0885. The number of rotatable bonds is 29. The third kappa shape index (κ3) is 25.7. The van der Waals surface area contributed by atoms with Crippen LogP contribution in [-0.2, 0) is 23.9 Å². The molecule has 8 heteroatoms. The molecule has 38 heavy (non-hydrogen) atoms. The Morgan fingerprint density at radius 1 is 0.605 bits per heavy atom. The van der Waals surface area contributed by atoms with E-state index >= 15 is 0 Å². The number of hydrogen-bond acceptors (Lipinski definition) is 5. The summed E-state index contributed by atoms with van der Waals surface area (Å²) >= 11 is 0. The van der Waals surface area contributed by atoms with Crippen LogP contribution in [-0.4, -0.2) is 53.1 Å². The number of ether oxygens (including phenoxy) is 1. The van der Waals surface area contributed by atoms with Crippen molar-refractivity contribution in [3.63, 3.8) is 0 Å². The fraction of sp³-hybridized carbons (Fsp3) is 0.867. The maximum Gasteiger partial charge on any atom is 0.326 e. The third-order valence-corrected chi connectivity index (χ3v) is 6.84. The Bertz CT molecular complexity index is 624. The third-order valence-electron chi connectivity index (χ3n) is 6.84. The van der Waals surface area contributed by atoms with Crippen LogP contribution in [0.3, 0.4) is 0 Å². The van der Waals surface area contributed by atoms with Crippen molar-refractivity contribution in [3.8, 4) is 0 Å². The van der Waals surface area contributed by atoms with Gasteiger partial charge in [-0.3, -0.25) is 14.4 Å². The SMILES string of the molecule is CCOCCCC(=O)CC[C@H](NC(=O)CCCCCCCCCCCCCCCCCCC(=O)O)C(=O)O. The second kappa shape index (κ2) is 26.6. The van der Waals surface area contributed by atoms with Gasteiger partial charge in [-0.15, -0.1) is 0 Å². The normalized spacial score (nSPS) is 11.8. The van der Waals surface area contributed by atoms with Crippen molar-refractivity contribution in [1.29, 1.82) is 0 Å². The monoisotopic (exact) mass is 541 g/mol. The molecular formula is C30H55NO7. The molecule has 0 aromatic rings. The van der Waals surface area contributed by atoms with Crippen molar-refractivity contribution in [2.45, 2.75) is 154 Å². The number of hydrogen-bond donors (Lipinski definition) is 3. The number of carbonyl (C=O) groups is 4. The smallest absolute Gasteiger partial charge is 0.326 e. The summed E-state index contributed by atoms with van der Waals surface area (Å²) in [6.07, 6.45) is 20.3. The molecule has 0 aliphatic rings. The van der Waals surface area contributed by atoms with E-state index in [1.807, 2.05) is 6.92 Å². The first-order valence-corrected chi connectivity index (χ1v) is 15.2. The van der Waals surface area contributed by atoms with E-state index in [2.05, 4.69) is 5.32 Å². The van der Waals surface area contributed by atoms with E-state index in [0.717, 1.165) is 38.5 Å². The second-order valence-corrected chi connectivity index (χ2v) is 10.4. The molecule has 0 aliphatic heterocycles. The van der Waals surface area contributed by atoms with Gasteiger partial charge in [0.05, 0.1) is 0 Å². The predicted molar refractivity (Wildman–Crippen MR) is 150 cm³/mol. The Hall–Kier alpha value is -1.96. The lowest BCUT2D eigenvalue weighted by atomic mass is 10.0. The lowest BCUT2D eigenvalue weighted by Crippen LogP contribution is -2.41. The van der Waals surface area contributed by atoms with Crippen molar-refractivity contribution < 1.29 is 34.1 Å². The summed E-state index contributed by atoms with van der Waals surface area (Å²) in [7, 11) is 0. The zero-order valence-corrected chi connectivity index (χ0v) is 24.0. The van der Waals surface area contributed by atoms with E-state index in [1.54, 1.807) is 0 Å². The molecule has 0 fully saturated rings. The molecule has 0 aliphatic carbocycles. The molecule has 0 bridgehead atoms. The molecule has 0 unspecified atom stereocenters. The van der Waals surface area contributed by atoms with Gasteiger partial charge in [-0.2, -0.15) is 0 Å². The van der Waals surface area contributed by atoms with Gasteiger partial charge < -0.3 is 20.3 Å². The number of aliphatic carboxylic acids is 2. The van der Waals surface area contributed by atoms with Crippen LogP contribution < -0.4 is 5.32 Å². The molecular weight excluding hydrogens is 486 g/mol. The van der Waals surface area contributed by atoms with Gasteiger partial charge in [0.25, 0.3) is 0 Å². The Morgan fingerprint density at radius 3 is 1.47 bits per heavy atom. The fourth-order valence-electron chi connectivity index (χ4n) is 4.51. The topological polar surface area (TPSA) is 130 Å². The van der Waals surface area contributed by atoms with E-state index in [-0.39, 0.29) is 24.5 Å². The minimum absolute atomic E-state index is 0.00324. The van der Waals surface area contributed by atoms with Gasteiger partial charge in [0.15, 0.2) is 0 Å². The van der Waals surface area contributed by atoms with Crippen molar-refractivity contribution in [1.82, 2.24) is 5.32 Å². The maximum absolute atomic E-state index is 12.1. The number of carbonyl (C=O) groups excluding carboxylic acids is 2. The molecule has 0 radical (unpaired) electrons. The van der Waals surface area contributed by atoms with Gasteiger partial charge in [0.1, 0.15) is 11.8 Å². The van der Waals surface area contributed by atoms with Gasteiger partial charge in [0, 0.05) is 38.9 Å². The number of Topliss-reactive ketones (excluding diaryl/α,β-unsaturated/α-hetero) is 1. The fourth-order valence-corrected chi connectivity index (χ4v) is 4.51. The molecule has 0 aromatic heterocycles. The average Bonchev–Trinajstić information content (AvgIpc) is 2.88. The maximum atomic E-state index is 12.1. The zero-order valence-electron chi connectivity index (χ0n) is 24.0. The van der Waals surface area contributed by atoms with Crippen molar-refractivity contribution in [2.24, 2.45) is 0 Å². The van der Waals surface area contributed by atoms with Gasteiger partial charge in [0.2, 0.25) is 5.91 Å². The summed E-state index contributed by atoms with van der Waals surface area (Å²) in [6, 6.07) is -1.01. The molecule has 1 atom stereocenters. The van der Waals surface area contributed by atoms with E-state index in [0.29, 0.717) is 38.9 Å². The number of carboxylic acid groups (broad SMARTS) is 2. The van der Waals surface area contributed by atoms with Crippen LogP contribution in [0.25, 0.3) is 0 Å². The molecule has 3 N–H and O–H groups in total. The summed E-state index contributed by atoms with van der Waals surface area (Å²) in [5, 5.41) is 20.5. The highest BCUT2D eigenvalue weighted by Crippen LogP contribution is 2.14. The van der Waals surface area contributed by atoms with E-state index < -0.39 is 18.0 Å². The molecule has 0 saturated heterocycles. The van der Waals surface area contributed by atoms with Crippen molar-refractivity contribution in [2.75, 3.05) is 13.2 Å². The first-order valence-electron chi connectivity index (χ1n) is 15.2. The number of carboxylic acids is 2. The highest BCUT2D eigenvalue weighted by Gasteiger charge is 2.20. The number of amides is 1. The lowest BCUT2D eigenvalue weighted by Gasteiger charge is -2.14. The lowest BCUT2D eigenvalue weighted by molar-refractivity contribution is -0.142. The minimum Gasteiger partial charge on any atom is -0.481 e. The summed E-state index contributed by atoms with van der Waals surface area (Å²) in [5.41, 5.74) is 0. The highest BCUT2D eigenvalue weighted by atomic mass is 16.5. The molecule has 8 nitrogen and oxygen atoms in total. The molecule has 0 aromatic carbocycles. The number of ketones is 1. The average molecular weight is 542 g/mol. The molecule has 0 heterocycles. The first-order chi connectivity index (χ1) is 18.4. The highest BCUT2D eigenvalue weighted by molar-refractivity contribution is 5.84. The van der Waals surface area contributed by atoms with Gasteiger partial charge in [-0.25, -0.2) is 4.79 Å². The van der Waals surface area contributed by atoms with Crippen molar-refractivity contribution in [3.05, 3.63) is 0 Å². The summed E-state index contributed by atoms with van der Waals surface area (Å²) in [5.74, 6) is -2.03. The Balaban J connectivity index is 3.55. The standard InChI is InChI=1S/C30H55NO7/c1-2-38-25-19-20-26(32)23-24-27(30(36)37)31-28(33)21-17-15-13-11-9-7-5-3-4-6-8-10-12-14-16-18-22-29(34)35/h27H,2-25H2,1H3,(H,31,33)(H,34,35)(H,36,37)/t27-/m0/s1. The Morgan fingerprint density at radius 2 is 1.05 bits per heavy atom. The van der Waals surface area contributed by atoms with Crippen LogP contribution in [0.1, 0.15) is 148 Å². The Kier molecular flexibility index (Phi) is 25.3. The van der Waals surface area contributed by atoms with Crippen LogP contribution in [0, 0.1) is 0 Å². The minimum atomic E-state index is -1.09. The van der Waals surface area contributed by atoms with Crippen LogP contribution in [0.5, 0.6) is 0 Å². The second-order valence-electron chi connectivity index (χ2n) is 10.4. The van der Waals surface area contributed by atoms with E-state index in [1.165, 1.54) is 64.2 Å². The van der Waals surface area contributed by atoms with Crippen LogP contribution in [0.2, 0.25) is 0 Å². The van der Waals surface area contributed by atoms with Gasteiger partial charge in [-0.1, -0.05) is 89.9 Å².